The van der Waals surface area contributed by atoms with E-state index in [1.165, 1.54) is 13.0 Å². The summed E-state index contributed by atoms with van der Waals surface area (Å²) < 4.78 is 0. The molecule has 14 heavy (non-hydrogen) atoms. The number of rotatable bonds is 1. The van der Waals surface area contributed by atoms with E-state index < -0.39 is 0 Å². The van der Waals surface area contributed by atoms with Crippen molar-refractivity contribution < 1.29 is 9.59 Å². The molecule has 0 unspecified atom stereocenters. The fourth-order valence-corrected chi connectivity index (χ4v) is 1.17. The highest BCUT2D eigenvalue weighted by Gasteiger charge is 2.21. The summed E-state index contributed by atoms with van der Waals surface area (Å²) in [6.45, 7) is 4.70. The Morgan fingerprint density at radius 2 is 1.93 bits per heavy atom. The molecule has 0 saturated heterocycles. The van der Waals surface area contributed by atoms with Gasteiger partial charge in [0.1, 0.15) is 0 Å². The molecular weight excluding hydrogens is 180 g/mol. The monoisotopic (exact) mass is 192 g/mol. The van der Waals surface area contributed by atoms with Gasteiger partial charge in [-0.3, -0.25) is 9.59 Å². The predicted molar refractivity (Wildman–Crippen MR) is 53.0 cm³/mol. The van der Waals surface area contributed by atoms with Gasteiger partial charge in [0, 0.05) is 12.5 Å². The molecule has 0 bridgehead atoms. The highest BCUT2D eigenvalue weighted by Crippen LogP contribution is 2.16. The van der Waals surface area contributed by atoms with Crippen LogP contribution in [0.1, 0.15) is 20.8 Å². The fraction of sp³-hybridized carbons (Fsp3) is 0.300. The Morgan fingerprint density at radius 3 is 2.43 bits per heavy atom. The van der Waals surface area contributed by atoms with E-state index in [-0.39, 0.29) is 23.1 Å². The molecule has 0 aromatic rings. The second-order valence-electron chi connectivity index (χ2n) is 3.23. The minimum Gasteiger partial charge on any atom is -0.323 e. The molecule has 0 saturated carbocycles. The quantitative estimate of drug-likeness (QED) is 0.607. The van der Waals surface area contributed by atoms with Crippen molar-refractivity contribution in [3.8, 4) is 0 Å². The highest BCUT2D eigenvalue weighted by atomic mass is 16.2. The molecule has 0 aromatic heterocycles. The van der Waals surface area contributed by atoms with Crippen molar-refractivity contribution >= 4 is 17.4 Å². The van der Waals surface area contributed by atoms with E-state index >= 15 is 0 Å². The Kier molecular flexibility index (Phi) is 2.65. The molecule has 1 aliphatic carbocycles. The van der Waals surface area contributed by atoms with E-state index in [9.17, 15) is 9.59 Å². The van der Waals surface area contributed by atoms with Gasteiger partial charge < -0.3 is 10.7 Å². The van der Waals surface area contributed by atoms with Crippen LogP contribution in [0.2, 0.25) is 0 Å². The number of hydrogen-bond donors (Lipinski definition) is 2. The summed E-state index contributed by atoms with van der Waals surface area (Å²) in [7, 11) is 0. The number of carbonyl (C=O) groups excluding carboxylic acids is 2. The summed E-state index contributed by atoms with van der Waals surface area (Å²) in [5, 5.41) is 9.96. The van der Waals surface area contributed by atoms with Gasteiger partial charge in [-0.2, -0.15) is 0 Å². The smallest absolute Gasteiger partial charge is 0.221 e. The van der Waals surface area contributed by atoms with Crippen LogP contribution in [0.25, 0.3) is 0 Å². The molecule has 4 nitrogen and oxygen atoms in total. The summed E-state index contributed by atoms with van der Waals surface area (Å²) in [6, 6.07) is 0. The molecule has 4 heteroatoms. The number of allylic oxidation sites excluding steroid dienone is 3. The molecule has 1 aliphatic rings. The van der Waals surface area contributed by atoms with Crippen LogP contribution < -0.4 is 5.32 Å². The van der Waals surface area contributed by atoms with Gasteiger partial charge in [0.25, 0.3) is 0 Å². The number of ketones is 1. The van der Waals surface area contributed by atoms with Crippen molar-refractivity contribution in [3.05, 3.63) is 22.9 Å². The van der Waals surface area contributed by atoms with Gasteiger partial charge in [-0.15, -0.1) is 0 Å². The molecule has 0 spiro atoms. The lowest BCUT2D eigenvalue weighted by Gasteiger charge is -2.15. The van der Waals surface area contributed by atoms with Crippen LogP contribution in [0.15, 0.2) is 22.9 Å². The largest absolute Gasteiger partial charge is 0.323 e. The first-order valence-electron chi connectivity index (χ1n) is 4.24. The Morgan fingerprint density at radius 1 is 1.36 bits per heavy atom. The average molecular weight is 192 g/mol. The maximum absolute atomic E-state index is 11.6. The summed E-state index contributed by atoms with van der Waals surface area (Å²) in [6.07, 6.45) is 1.38. The topological polar surface area (TPSA) is 70.0 Å². The average Bonchev–Trinajstić information content (AvgIpc) is 2.10. The van der Waals surface area contributed by atoms with Crippen molar-refractivity contribution in [2.24, 2.45) is 0 Å². The van der Waals surface area contributed by atoms with Crippen molar-refractivity contribution in [1.82, 2.24) is 5.32 Å². The lowest BCUT2D eigenvalue weighted by atomic mass is 9.94. The molecule has 1 rings (SSSR count). The summed E-state index contributed by atoms with van der Waals surface area (Å²) >= 11 is 0. The Bertz CT molecular complexity index is 389. The van der Waals surface area contributed by atoms with Crippen LogP contribution in [0.5, 0.6) is 0 Å². The van der Waals surface area contributed by atoms with E-state index in [1.807, 2.05) is 0 Å². The van der Waals surface area contributed by atoms with E-state index in [0.717, 1.165) is 0 Å². The van der Waals surface area contributed by atoms with E-state index in [1.54, 1.807) is 13.8 Å². The van der Waals surface area contributed by atoms with Crippen LogP contribution in [0, 0.1) is 5.41 Å². The fourth-order valence-electron chi connectivity index (χ4n) is 1.17. The molecule has 0 aromatic carbocycles. The van der Waals surface area contributed by atoms with E-state index in [0.29, 0.717) is 11.1 Å². The third-order valence-corrected chi connectivity index (χ3v) is 2.15. The van der Waals surface area contributed by atoms with Crippen LogP contribution in [0.3, 0.4) is 0 Å². The van der Waals surface area contributed by atoms with Crippen LogP contribution in [-0.4, -0.2) is 17.4 Å². The minimum atomic E-state index is -0.301. The second-order valence-corrected chi connectivity index (χ2v) is 3.23. The molecule has 74 valence electrons. The van der Waals surface area contributed by atoms with Gasteiger partial charge in [-0.1, -0.05) is 0 Å². The second kappa shape index (κ2) is 3.57. The standard InChI is InChI=1S/C10H12N2O2/c1-5-6(2)10(14)9(4-8(5)11)12-7(3)13/h4,11H,1-3H3,(H,12,13). The van der Waals surface area contributed by atoms with Crippen molar-refractivity contribution in [2.45, 2.75) is 20.8 Å². The van der Waals surface area contributed by atoms with Gasteiger partial charge in [0.05, 0.1) is 11.4 Å². The predicted octanol–water partition coefficient (Wildman–Crippen LogP) is 0.945. The Balaban J connectivity index is 3.03. The molecule has 2 N–H and O–H groups in total. The summed E-state index contributed by atoms with van der Waals surface area (Å²) in [5.74, 6) is -0.515. The molecule has 0 atom stereocenters. The van der Waals surface area contributed by atoms with E-state index in [2.05, 4.69) is 5.32 Å². The van der Waals surface area contributed by atoms with Crippen molar-refractivity contribution in [3.63, 3.8) is 0 Å². The third-order valence-electron chi connectivity index (χ3n) is 2.15. The maximum atomic E-state index is 11.6. The number of carbonyl (C=O) groups is 2. The van der Waals surface area contributed by atoms with Gasteiger partial charge in [-0.25, -0.2) is 0 Å². The zero-order chi connectivity index (χ0) is 10.9. The normalized spacial score (nSPS) is 16.9. The van der Waals surface area contributed by atoms with Gasteiger partial charge in [-0.05, 0) is 25.5 Å². The van der Waals surface area contributed by atoms with Crippen molar-refractivity contribution in [1.29, 1.82) is 5.41 Å². The van der Waals surface area contributed by atoms with Crippen LogP contribution >= 0.6 is 0 Å². The first-order chi connectivity index (χ1) is 6.43. The highest BCUT2D eigenvalue weighted by molar-refractivity contribution is 6.23. The maximum Gasteiger partial charge on any atom is 0.221 e. The molecular formula is C10H12N2O2. The lowest BCUT2D eigenvalue weighted by molar-refractivity contribution is -0.120. The lowest BCUT2D eigenvalue weighted by Crippen LogP contribution is -2.29. The zero-order valence-corrected chi connectivity index (χ0v) is 8.39. The summed E-state index contributed by atoms with van der Waals surface area (Å²) in [4.78, 5) is 22.3. The Labute approximate surface area is 82.2 Å². The van der Waals surface area contributed by atoms with Crippen molar-refractivity contribution in [2.75, 3.05) is 0 Å². The van der Waals surface area contributed by atoms with E-state index in [4.69, 9.17) is 5.41 Å². The SMILES string of the molecule is CC(=O)NC1=CC(=N)C(C)=C(C)C1=O. The first kappa shape index (κ1) is 10.4. The van der Waals surface area contributed by atoms with Crippen LogP contribution in [-0.2, 0) is 9.59 Å². The minimum absolute atomic E-state index is 0.186. The number of hydrogen-bond acceptors (Lipinski definition) is 3. The number of amides is 1. The molecule has 0 fully saturated rings. The number of nitrogens with one attached hydrogen (secondary N) is 2. The van der Waals surface area contributed by atoms with Gasteiger partial charge in [0.2, 0.25) is 11.7 Å². The summed E-state index contributed by atoms with van der Waals surface area (Å²) in [5.41, 5.74) is 1.63. The number of Topliss-reactive ketones (excluding diaryl/α,β-unsaturated/α-hetero) is 1. The van der Waals surface area contributed by atoms with Gasteiger partial charge >= 0.3 is 0 Å². The van der Waals surface area contributed by atoms with Crippen LogP contribution in [0.4, 0.5) is 0 Å². The van der Waals surface area contributed by atoms with Gasteiger partial charge in [0.15, 0.2) is 0 Å². The molecule has 0 aliphatic heterocycles. The first-order valence-corrected chi connectivity index (χ1v) is 4.24. The molecule has 1 amide bonds. The Hall–Kier alpha value is -1.71. The molecule has 0 heterocycles. The molecule has 0 radical (unpaired) electrons. The zero-order valence-electron chi connectivity index (χ0n) is 8.39. The third kappa shape index (κ3) is 1.79.